The third-order valence-corrected chi connectivity index (χ3v) is 3.63. The number of aromatic nitrogens is 1. The van der Waals surface area contributed by atoms with Crippen LogP contribution in [0.2, 0.25) is 0 Å². The highest BCUT2D eigenvalue weighted by atomic mass is 19.4. The fraction of sp³-hybridized carbons (Fsp3) is 0.467. The van der Waals surface area contributed by atoms with Gasteiger partial charge in [-0.05, 0) is 44.0 Å². The van der Waals surface area contributed by atoms with Crippen molar-refractivity contribution in [1.29, 1.82) is 0 Å². The maximum atomic E-state index is 12.9. The highest BCUT2D eigenvalue weighted by molar-refractivity contribution is 5.85. The molecular formula is C15H19F3N2. The quantitative estimate of drug-likeness (QED) is 0.895. The first-order valence-corrected chi connectivity index (χ1v) is 6.67. The van der Waals surface area contributed by atoms with Crippen molar-refractivity contribution in [1.82, 2.24) is 4.57 Å². The number of benzene rings is 1. The molecule has 0 saturated carbocycles. The van der Waals surface area contributed by atoms with E-state index < -0.39 is 11.7 Å². The van der Waals surface area contributed by atoms with Gasteiger partial charge >= 0.3 is 6.18 Å². The van der Waals surface area contributed by atoms with Crippen molar-refractivity contribution in [3.8, 4) is 0 Å². The van der Waals surface area contributed by atoms with Gasteiger partial charge in [0.2, 0.25) is 0 Å². The fourth-order valence-electron chi connectivity index (χ4n) is 2.40. The molecule has 1 aromatic heterocycles. The van der Waals surface area contributed by atoms with Crippen molar-refractivity contribution in [2.45, 2.75) is 38.9 Å². The van der Waals surface area contributed by atoms with E-state index >= 15 is 0 Å². The first-order valence-electron chi connectivity index (χ1n) is 6.67. The molecule has 2 nitrogen and oxygen atoms in total. The van der Waals surface area contributed by atoms with E-state index in [4.69, 9.17) is 5.73 Å². The SMILES string of the molecule is CC(CN)c1cn(C(C)C)c2cc(C(F)(F)F)ccc12. The molecule has 0 spiro atoms. The molecule has 0 amide bonds. The summed E-state index contributed by atoms with van der Waals surface area (Å²) in [5, 5.41) is 0.852. The normalized spacial score (nSPS) is 14.2. The van der Waals surface area contributed by atoms with Crippen molar-refractivity contribution in [3.05, 3.63) is 35.5 Å². The molecule has 0 fully saturated rings. The Morgan fingerprint density at radius 2 is 1.85 bits per heavy atom. The van der Waals surface area contributed by atoms with E-state index in [0.29, 0.717) is 12.1 Å². The predicted octanol–water partition coefficient (Wildman–Crippen LogP) is 4.30. The van der Waals surface area contributed by atoms with E-state index in [-0.39, 0.29) is 12.0 Å². The molecular weight excluding hydrogens is 265 g/mol. The van der Waals surface area contributed by atoms with Gasteiger partial charge in [-0.25, -0.2) is 0 Å². The molecule has 5 heteroatoms. The van der Waals surface area contributed by atoms with Gasteiger partial charge in [0.15, 0.2) is 0 Å². The summed E-state index contributed by atoms with van der Waals surface area (Å²) < 4.78 is 40.4. The number of alkyl halides is 3. The van der Waals surface area contributed by atoms with E-state index in [1.165, 1.54) is 6.07 Å². The van der Waals surface area contributed by atoms with E-state index in [0.717, 1.165) is 17.0 Å². The zero-order valence-corrected chi connectivity index (χ0v) is 11.8. The first-order chi connectivity index (χ1) is 9.25. The first kappa shape index (κ1) is 14.9. The molecule has 2 aromatic rings. The minimum absolute atomic E-state index is 0.0970. The molecule has 1 aromatic carbocycles. The van der Waals surface area contributed by atoms with Crippen LogP contribution >= 0.6 is 0 Å². The summed E-state index contributed by atoms with van der Waals surface area (Å²) >= 11 is 0. The smallest absolute Gasteiger partial charge is 0.345 e. The van der Waals surface area contributed by atoms with E-state index in [9.17, 15) is 13.2 Å². The third-order valence-electron chi connectivity index (χ3n) is 3.63. The van der Waals surface area contributed by atoms with Crippen LogP contribution in [-0.2, 0) is 6.18 Å². The Morgan fingerprint density at radius 3 is 2.35 bits per heavy atom. The minimum atomic E-state index is -4.32. The van der Waals surface area contributed by atoms with Crippen LogP contribution in [-0.4, -0.2) is 11.1 Å². The number of fused-ring (bicyclic) bond motifs is 1. The zero-order chi connectivity index (χ0) is 15.1. The number of hydrogen-bond donors (Lipinski definition) is 1. The molecule has 2 rings (SSSR count). The van der Waals surface area contributed by atoms with Crippen LogP contribution < -0.4 is 5.73 Å². The second-order valence-electron chi connectivity index (χ2n) is 5.45. The summed E-state index contributed by atoms with van der Waals surface area (Å²) in [6.07, 6.45) is -2.40. The number of hydrogen-bond acceptors (Lipinski definition) is 1. The van der Waals surface area contributed by atoms with Gasteiger partial charge in [-0.2, -0.15) is 13.2 Å². The van der Waals surface area contributed by atoms with Crippen molar-refractivity contribution in [2.24, 2.45) is 5.73 Å². The summed E-state index contributed by atoms with van der Waals surface area (Å²) in [7, 11) is 0. The molecule has 1 atom stereocenters. The Kier molecular flexibility index (Phi) is 3.82. The summed E-state index contributed by atoms with van der Waals surface area (Å²) in [4.78, 5) is 0. The third kappa shape index (κ3) is 2.54. The molecule has 20 heavy (non-hydrogen) atoms. The van der Waals surface area contributed by atoms with Crippen molar-refractivity contribution in [3.63, 3.8) is 0 Å². The topological polar surface area (TPSA) is 30.9 Å². The van der Waals surface area contributed by atoms with E-state index in [1.54, 1.807) is 6.07 Å². The van der Waals surface area contributed by atoms with Gasteiger partial charge in [0.1, 0.15) is 0 Å². The van der Waals surface area contributed by atoms with Crippen molar-refractivity contribution >= 4 is 10.9 Å². The Hall–Kier alpha value is -1.49. The minimum Gasteiger partial charge on any atom is -0.345 e. The maximum absolute atomic E-state index is 12.9. The average Bonchev–Trinajstić information content (AvgIpc) is 2.75. The summed E-state index contributed by atoms with van der Waals surface area (Å²) in [5.41, 5.74) is 6.70. The maximum Gasteiger partial charge on any atom is 0.416 e. The summed E-state index contributed by atoms with van der Waals surface area (Å²) in [5.74, 6) is 0.120. The van der Waals surface area contributed by atoms with Gasteiger partial charge in [-0.1, -0.05) is 13.0 Å². The Bertz CT molecular complexity index is 611. The van der Waals surface area contributed by atoms with Crippen LogP contribution in [0.4, 0.5) is 13.2 Å². The lowest BCUT2D eigenvalue weighted by molar-refractivity contribution is -0.137. The van der Waals surface area contributed by atoms with Gasteiger partial charge in [0.25, 0.3) is 0 Å². The molecule has 0 aliphatic carbocycles. The van der Waals surface area contributed by atoms with Crippen LogP contribution in [0.25, 0.3) is 10.9 Å². The number of nitrogens with two attached hydrogens (primary N) is 1. The largest absolute Gasteiger partial charge is 0.416 e. The Morgan fingerprint density at radius 1 is 1.20 bits per heavy atom. The number of nitrogens with zero attached hydrogens (tertiary/aromatic N) is 1. The van der Waals surface area contributed by atoms with Crippen LogP contribution in [0, 0.1) is 0 Å². The monoisotopic (exact) mass is 284 g/mol. The van der Waals surface area contributed by atoms with E-state index in [1.807, 2.05) is 31.5 Å². The van der Waals surface area contributed by atoms with Gasteiger partial charge in [-0.15, -0.1) is 0 Å². The number of halogens is 3. The summed E-state index contributed by atoms with van der Waals surface area (Å²) in [6, 6.07) is 4.01. The molecule has 0 aliphatic rings. The lowest BCUT2D eigenvalue weighted by Crippen LogP contribution is -2.08. The Balaban J connectivity index is 2.70. The van der Waals surface area contributed by atoms with Gasteiger partial charge in [-0.3, -0.25) is 0 Å². The molecule has 2 N–H and O–H groups in total. The van der Waals surface area contributed by atoms with Crippen molar-refractivity contribution in [2.75, 3.05) is 6.54 Å². The highest BCUT2D eigenvalue weighted by Gasteiger charge is 2.31. The van der Waals surface area contributed by atoms with Crippen LogP contribution in [0.1, 0.15) is 43.9 Å². The lowest BCUT2D eigenvalue weighted by Gasteiger charge is -2.11. The second kappa shape index (κ2) is 5.13. The molecule has 0 bridgehead atoms. The lowest BCUT2D eigenvalue weighted by atomic mass is 10.00. The van der Waals surface area contributed by atoms with Gasteiger partial charge in [0, 0.05) is 23.1 Å². The standard InChI is InChI=1S/C15H19F3N2/c1-9(2)20-8-13(10(3)7-19)12-5-4-11(6-14(12)20)15(16,17)18/h4-6,8-10H,7,19H2,1-3H3. The molecule has 1 heterocycles. The van der Waals surface area contributed by atoms with Gasteiger partial charge < -0.3 is 10.3 Å². The average molecular weight is 284 g/mol. The molecule has 0 aliphatic heterocycles. The molecule has 1 unspecified atom stereocenters. The molecule has 110 valence electrons. The van der Waals surface area contributed by atoms with Crippen LogP contribution in [0.3, 0.4) is 0 Å². The van der Waals surface area contributed by atoms with Crippen LogP contribution in [0.5, 0.6) is 0 Å². The van der Waals surface area contributed by atoms with Gasteiger partial charge in [0.05, 0.1) is 5.56 Å². The predicted molar refractivity (Wildman–Crippen MR) is 74.8 cm³/mol. The molecule has 0 saturated heterocycles. The number of rotatable bonds is 3. The zero-order valence-electron chi connectivity index (χ0n) is 11.8. The molecule has 0 radical (unpaired) electrons. The fourth-order valence-corrected chi connectivity index (χ4v) is 2.40. The van der Waals surface area contributed by atoms with Crippen LogP contribution in [0.15, 0.2) is 24.4 Å². The van der Waals surface area contributed by atoms with Crippen molar-refractivity contribution < 1.29 is 13.2 Å². The van der Waals surface area contributed by atoms with E-state index in [2.05, 4.69) is 0 Å². The second-order valence-corrected chi connectivity index (χ2v) is 5.45. The highest BCUT2D eigenvalue weighted by Crippen LogP contribution is 2.35. The Labute approximate surface area is 116 Å². The summed E-state index contributed by atoms with van der Waals surface area (Å²) in [6.45, 7) is 6.36.